The van der Waals surface area contributed by atoms with E-state index >= 15 is 0 Å². The molecule has 0 saturated heterocycles. The highest BCUT2D eigenvalue weighted by molar-refractivity contribution is 5.98. The first-order valence-corrected chi connectivity index (χ1v) is 7.24. The lowest BCUT2D eigenvalue weighted by atomic mass is 9.85. The molecular weight excluding hydrogens is 252 g/mol. The van der Waals surface area contributed by atoms with Crippen molar-refractivity contribution >= 4 is 16.8 Å². The summed E-state index contributed by atoms with van der Waals surface area (Å²) in [6, 6.07) is 7.52. The summed E-state index contributed by atoms with van der Waals surface area (Å²) in [5.74, 6) is -0.118. The molecule has 0 aliphatic heterocycles. The van der Waals surface area contributed by atoms with Crippen molar-refractivity contribution in [3.63, 3.8) is 0 Å². The van der Waals surface area contributed by atoms with Crippen LogP contribution in [-0.2, 0) is 0 Å². The number of nitrogens with one attached hydrogen (secondary N) is 2. The lowest BCUT2D eigenvalue weighted by Crippen LogP contribution is -2.44. The standard InChI is InChI=1S/C16H20N2O2/c19-15(18-11-16(20)7-2-1-3-8-16)13-4-5-14-12(10-13)6-9-17-14/h4-6,9-10,17,20H,1-3,7-8,11H2,(H,18,19). The predicted molar refractivity (Wildman–Crippen MR) is 78.7 cm³/mol. The average molecular weight is 272 g/mol. The number of benzene rings is 1. The minimum absolute atomic E-state index is 0.118. The minimum Gasteiger partial charge on any atom is -0.388 e. The molecule has 1 saturated carbocycles. The topological polar surface area (TPSA) is 65.1 Å². The first kappa shape index (κ1) is 13.2. The lowest BCUT2D eigenvalue weighted by Gasteiger charge is -2.32. The molecule has 1 fully saturated rings. The van der Waals surface area contributed by atoms with Crippen LogP contribution in [0.2, 0.25) is 0 Å². The second-order valence-corrected chi connectivity index (χ2v) is 5.75. The average Bonchev–Trinajstić information content (AvgIpc) is 2.93. The largest absolute Gasteiger partial charge is 0.388 e. The van der Waals surface area contributed by atoms with Gasteiger partial charge in [0, 0.05) is 29.2 Å². The second kappa shape index (κ2) is 5.29. The van der Waals surface area contributed by atoms with Crippen LogP contribution in [0, 0.1) is 0 Å². The molecule has 3 rings (SSSR count). The van der Waals surface area contributed by atoms with Gasteiger partial charge >= 0.3 is 0 Å². The Labute approximate surface area is 118 Å². The smallest absolute Gasteiger partial charge is 0.251 e. The van der Waals surface area contributed by atoms with Gasteiger partial charge in [-0.05, 0) is 37.1 Å². The molecule has 0 atom stereocenters. The summed E-state index contributed by atoms with van der Waals surface area (Å²) in [6.45, 7) is 0.344. The molecule has 0 unspecified atom stereocenters. The van der Waals surface area contributed by atoms with Gasteiger partial charge in [-0.25, -0.2) is 0 Å². The number of aromatic amines is 1. The summed E-state index contributed by atoms with van der Waals surface area (Å²) >= 11 is 0. The van der Waals surface area contributed by atoms with E-state index in [1.165, 1.54) is 6.42 Å². The fraction of sp³-hybridized carbons (Fsp3) is 0.438. The predicted octanol–water partition coefficient (Wildman–Crippen LogP) is 2.59. The number of rotatable bonds is 3. The summed E-state index contributed by atoms with van der Waals surface area (Å²) in [5.41, 5.74) is 0.940. The van der Waals surface area contributed by atoms with Crippen molar-refractivity contribution < 1.29 is 9.90 Å². The molecule has 0 radical (unpaired) electrons. The summed E-state index contributed by atoms with van der Waals surface area (Å²) in [5, 5.41) is 14.3. The van der Waals surface area contributed by atoms with Crippen LogP contribution < -0.4 is 5.32 Å². The van der Waals surface area contributed by atoms with Crippen molar-refractivity contribution in [3.8, 4) is 0 Å². The fourth-order valence-corrected chi connectivity index (χ4v) is 2.93. The molecule has 0 bridgehead atoms. The van der Waals surface area contributed by atoms with Gasteiger partial charge in [-0.2, -0.15) is 0 Å². The molecule has 4 heteroatoms. The van der Waals surface area contributed by atoms with Crippen molar-refractivity contribution in [2.24, 2.45) is 0 Å². The molecule has 0 spiro atoms. The maximum absolute atomic E-state index is 12.2. The van der Waals surface area contributed by atoms with E-state index in [9.17, 15) is 9.90 Å². The van der Waals surface area contributed by atoms with Crippen molar-refractivity contribution in [2.75, 3.05) is 6.54 Å². The highest BCUT2D eigenvalue weighted by atomic mass is 16.3. The molecule has 20 heavy (non-hydrogen) atoms. The number of amides is 1. The van der Waals surface area contributed by atoms with E-state index < -0.39 is 5.60 Å². The molecule has 1 aromatic carbocycles. The van der Waals surface area contributed by atoms with Gasteiger partial charge in [0.15, 0.2) is 0 Å². The third-order valence-corrected chi connectivity index (χ3v) is 4.18. The van der Waals surface area contributed by atoms with E-state index in [1.807, 2.05) is 24.4 Å². The number of hydrogen-bond acceptors (Lipinski definition) is 2. The van der Waals surface area contributed by atoms with Gasteiger partial charge < -0.3 is 15.4 Å². The third-order valence-electron chi connectivity index (χ3n) is 4.18. The SMILES string of the molecule is O=C(NCC1(O)CCCCC1)c1ccc2[nH]ccc2c1. The van der Waals surface area contributed by atoms with Crippen LogP contribution in [0.4, 0.5) is 0 Å². The Bertz CT molecular complexity index is 612. The Kier molecular flexibility index (Phi) is 3.49. The maximum atomic E-state index is 12.2. The summed E-state index contributed by atoms with van der Waals surface area (Å²) in [4.78, 5) is 15.3. The van der Waals surface area contributed by atoms with Gasteiger partial charge in [-0.3, -0.25) is 4.79 Å². The molecule has 2 aromatic rings. The zero-order valence-corrected chi connectivity index (χ0v) is 11.5. The van der Waals surface area contributed by atoms with E-state index in [4.69, 9.17) is 0 Å². The van der Waals surface area contributed by atoms with Gasteiger partial charge in [0.1, 0.15) is 0 Å². The van der Waals surface area contributed by atoms with Crippen molar-refractivity contribution in [2.45, 2.75) is 37.7 Å². The number of H-pyrrole nitrogens is 1. The number of carbonyl (C=O) groups is 1. The molecule has 1 amide bonds. The van der Waals surface area contributed by atoms with Crippen LogP contribution in [0.5, 0.6) is 0 Å². The van der Waals surface area contributed by atoms with E-state index in [0.29, 0.717) is 12.1 Å². The fourth-order valence-electron chi connectivity index (χ4n) is 2.93. The zero-order chi connectivity index (χ0) is 14.0. The number of aliphatic hydroxyl groups is 1. The molecule has 1 aliphatic rings. The first-order valence-electron chi connectivity index (χ1n) is 7.24. The highest BCUT2D eigenvalue weighted by Gasteiger charge is 2.29. The van der Waals surface area contributed by atoms with Gasteiger partial charge in [0.25, 0.3) is 5.91 Å². The van der Waals surface area contributed by atoms with E-state index in [0.717, 1.165) is 36.6 Å². The van der Waals surface area contributed by atoms with Crippen LogP contribution in [0.3, 0.4) is 0 Å². The Morgan fingerprint density at radius 3 is 2.85 bits per heavy atom. The Hall–Kier alpha value is -1.81. The molecule has 1 aliphatic carbocycles. The minimum atomic E-state index is -0.716. The van der Waals surface area contributed by atoms with E-state index in [2.05, 4.69) is 10.3 Å². The molecule has 106 valence electrons. The van der Waals surface area contributed by atoms with Crippen molar-refractivity contribution in [3.05, 3.63) is 36.0 Å². The quantitative estimate of drug-likeness (QED) is 0.804. The normalized spacial score (nSPS) is 18.1. The van der Waals surface area contributed by atoms with Crippen LogP contribution in [-0.4, -0.2) is 28.1 Å². The number of hydrogen-bond donors (Lipinski definition) is 3. The maximum Gasteiger partial charge on any atom is 0.251 e. The van der Waals surface area contributed by atoms with Crippen LogP contribution in [0.1, 0.15) is 42.5 Å². The number of fused-ring (bicyclic) bond motifs is 1. The first-order chi connectivity index (χ1) is 9.66. The molecule has 1 aromatic heterocycles. The molecule has 1 heterocycles. The van der Waals surface area contributed by atoms with Crippen LogP contribution in [0.25, 0.3) is 10.9 Å². The highest BCUT2D eigenvalue weighted by Crippen LogP contribution is 2.27. The monoisotopic (exact) mass is 272 g/mol. The molecule has 4 nitrogen and oxygen atoms in total. The number of carbonyl (C=O) groups excluding carboxylic acids is 1. The van der Waals surface area contributed by atoms with E-state index in [-0.39, 0.29) is 5.91 Å². The van der Waals surface area contributed by atoms with Gasteiger partial charge in [-0.1, -0.05) is 19.3 Å². The summed E-state index contributed by atoms with van der Waals surface area (Å²) < 4.78 is 0. The van der Waals surface area contributed by atoms with Crippen molar-refractivity contribution in [1.82, 2.24) is 10.3 Å². The Balaban J connectivity index is 1.66. The van der Waals surface area contributed by atoms with Gasteiger partial charge in [0.2, 0.25) is 0 Å². The van der Waals surface area contributed by atoms with Crippen molar-refractivity contribution in [1.29, 1.82) is 0 Å². The van der Waals surface area contributed by atoms with Gasteiger partial charge in [-0.15, -0.1) is 0 Å². The zero-order valence-electron chi connectivity index (χ0n) is 11.5. The third kappa shape index (κ3) is 2.70. The summed E-state index contributed by atoms with van der Waals surface area (Å²) in [7, 11) is 0. The van der Waals surface area contributed by atoms with Crippen LogP contribution in [0.15, 0.2) is 30.5 Å². The molecule has 3 N–H and O–H groups in total. The van der Waals surface area contributed by atoms with Gasteiger partial charge in [0.05, 0.1) is 5.60 Å². The van der Waals surface area contributed by atoms with Crippen LogP contribution >= 0.6 is 0 Å². The summed E-state index contributed by atoms with van der Waals surface area (Å²) in [6.07, 6.45) is 6.69. The Morgan fingerprint density at radius 2 is 2.05 bits per heavy atom. The van der Waals surface area contributed by atoms with E-state index in [1.54, 1.807) is 6.07 Å². The number of aromatic nitrogens is 1. The second-order valence-electron chi connectivity index (χ2n) is 5.75. The molecular formula is C16H20N2O2. The lowest BCUT2D eigenvalue weighted by molar-refractivity contribution is 0.00526. The Morgan fingerprint density at radius 1 is 1.25 bits per heavy atom.